The second kappa shape index (κ2) is 12.0. The van der Waals surface area contributed by atoms with Crippen molar-refractivity contribution in [2.75, 3.05) is 11.9 Å². The Morgan fingerprint density at radius 2 is 1.72 bits per heavy atom. The number of amides is 1. The third-order valence-corrected chi connectivity index (χ3v) is 8.58. The maximum absolute atomic E-state index is 12.7. The zero-order valence-corrected chi connectivity index (χ0v) is 23.4. The second-order valence-electron chi connectivity index (χ2n) is 10.2. The van der Waals surface area contributed by atoms with E-state index in [9.17, 15) is 9.59 Å². The number of hydrogen-bond donors (Lipinski definition) is 1. The average molecular weight is 543 g/mol. The van der Waals surface area contributed by atoms with Crippen molar-refractivity contribution in [2.45, 2.75) is 58.5 Å². The van der Waals surface area contributed by atoms with Crippen LogP contribution in [0.25, 0.3) is 21.2 Å². The summed E-state index contributed by atoms with van der Waals surface area (Å²) in [7, 11) is 0. The quantitative estimate of drug-likeness (QED) is 0.237. The molecule has 0 spiro atoms. The van der Waals surface area contributed by atoms with Crippen LogP contribution < -0.4 is 5.32 Å². The van der Waals surface area contributed by atoms with Gasteiger partial charge in [0.25, 0.3) is 0 Å². The summed E-state index contributed by atoms with van der Waals surface area (Å²) in [5.41, 5.74) is 4.70. The molecule has 1 aliphatic rings. The summed E-state index contributed by atoms with van der Waals surface area (Å²) >= 11 is 1.37. The monoisotopic (exact) mass is 542 g/mol. The number of aryl methyl sites for hydroxylation is 1. The first-order valence-electron chi connectivity index (χ1n) is 13.6. The van der Waals surface area contributed by atoms with Crippen molar-refractivity contribution in [2.24, 2.45) is 5.92 Å². The van der Waals surface area contributed by atoms with E-state index in [1.807, 2.05) is 51.1 Å². The predicted molar refractivity (Wildman–Crippen MR) is 156 cm³/mol. The number of anilines is 1. The van der Waals surface area contributed by atoms with Crippen molar-refractivity contribution in [3.8, 4) is 10.4 Å². The second-order valence-corrected chi connectivity index (χ2v) is 11.0. The third-order valence-electron chi connectivity index (χ3n) is 7.59. The van der Waals surface area contributed by atoms with Crippen molar-refractivity contribution in [1.29, 1.82) is 0 Å². The molecule has 1 N–H and O–H groups in total. The highest BCUT2D eigenvalue weighted by molar-refractivity contribution is 7.10. The van der Waals surface area contributed by atoms with E-state index < -0.39 is 6.09 Å². The molecule has 0 unspecified atom stereocenters. The molecular formula is C32H34N2O4S. The molecule has 5 rings (SSSR count). The summed E-state index contributed by atoms with van der Waals surface area (Å²) in [5.74, 6) is 0.450. The molecule has 0 bridgehead atoms. The summed E-state index contributed by atoms with van der Waals surface area (Å²) < 4.78 is 15.4. The number of rotatable bonds is 7. The molecule has 0 saturated heterocycles. The first-order chi connectivity index (χ1) is 18.9. The number of nitrogens with zero attached hydrogens (tertiary/aromatic N) is 1. The standard InChI is InChI=1S/C32H34N2O4S/c1-4-37-31(35)24-12-10-23(11-13-24)25-14-15-27-19-28(17-16-26(27)18-25)30-29(20(2)34-39-30)33-32(36)38-21(3)22-8-6-5-7-9-22/h5-9,14-19,21,23-24H,4,10-13H2,1-3H3,(H,33,36)/t21-,23?,24?/m1/s1. The van der Waals surface area contributed by atoms with Gasteiger partial charge in [-0.25, -0.2) is 4.79 Å². The maximum atomic E-state index is 12.7. The van der Waals surface area contributed by atoms with Crippen LogP contribution in [0.3, 0.4) is 0 Å². The largest absolute Gasteiger partial charge is 0.466 e. The van der Waals surface area contributed by atoms with Crippen molar-refractivity contribution in [3.63, 3.8) is 0 Å². The van der Waals surface area contributed by atoms with Gasteiger partial charge in [0.15, 0.2) is 0 Å². The van der Waals surface area contributed by atoms with Gasteiger partial charge in [-0.1, -0.05) is 60.7 Å². The Balaban J connectivity index is 1.29. The van der Waals surface area contributed by atoms with Crippen LogP contribution >= 0.6 is 11.5 Å². The zero-order chi connectivity index (χ0) is 27.4. The lowest BCUT2D eigenvalue weighted by Crippen LogP contribution is -2.23. The van der Waals surface area contributed by atoms with Gasteiger partial charge < -0.3 is 9.47 Å². The Morgan fingerprint density at radius 3 is 2.46 bits per heavy atom. The summed E-state index contributed by atoms with van der Waals surface area (Å²) in [6, 6.07) is 22.7. The van der Waals surface area contributed by atoms with Gasteiger partial charge in [0.2, 0.25) is 0 Å². The minimum atomic E-state index is -0.501. The number of esters is 1. The van der Waals surface area contributed by atoms with E-state index in [4.69, 9.17) is 9.47 Å². The van der Waals surface area contributed by atoms with E-state index in [-0.39, 0.29) is 18.0 Å². The van der Waals surface area contributed by atoms with E-state index in [2.05, 4.69) is 46.1 Å². The molecule has 6 nitrogen and oxygen atoms in total. The van der Waals surface area contributed by atoms with E-state index in [1.54, 1.807) is 0 Å². The molecule has 3 aromatic carbocycles. The van der Waals surface area contributed by atoms with Crippen LogP contribution in [0.1, 0.15) is 68.4 Å². The molecule has 7 heteroatoms. The van der Waals surface area contributed by atoms with Gasteiger partial charge in [-0.15, -0.1) is 0 Å². The highest BCUT2D eigenvalue weighted by Crippen LogP contribution is 2.39. The summed E-state index contributed by atoms with van der Waals surface area (Å²) in [4.78, 5) is 25.7. The number of carbonyl (C=O) groups excluding carboxylic acids is 2. The van der Waals surface area contributed by atoms with Crippen LogP contribution in [0.2, 0.25) is 0 Å². The number of aromatic nitrogens is 1. The Bertz CT molecular complexity index is 1460. The first kappa shape index (κ1) is 26.9. The molecule has 1 aliphatic carbocycles. The molecule has 1 heterocycles. The first-order valence-corrected chi connectivity index (χ1v) is 14.4. The fraction of sp³-hybridized carbons (Fsp3) is 0.344. The summed E-state index contributed by atoms with van der Waals surface area (Å²) in [6.45, 7) is 6.05. The molecule has 1 atom stereocenters. The van der Waals surface area contributed by atoms with Crippen molar-refractivity contribution >= 4 is 40.1 Å². The van der Waals surface area contributed by atoms with Gasteiger partial charge in [0.05, 0.1) is 28.8 Å². The summed E-state index contributed by atoms with van der Waals surface area (Å²) in [6.07, 6.45) is 2.90. The van der Waals surface area contributed by atoms with Gasteiger partial charge >= 0.3 is 12.1 Å². The molecule has 4 aromatic rings. The third kappa shape index (κ3) is 6.14. The SMILES string of the molecule is CCOC(=O)C1CCC(c2ccc3cc(-c4snc(C)c4NC(=O)O[C@H](C)c4ccccc4)ccc3c2)CC1. The fourth-order valence-electron chi connectivity index (χ4n) is 5.38. The predicted octanol–water partition coefficient (Wildman–Crippen LogP) is 8.42. The lowest BCUT2D eigenvalue weighted by atomic mass is 9.78. The molecule has 1 aromatic heterocycles. The van der Waals surface area contributed by atoms with Gasteiger partial charge in [-0.2, -0.15) is 4.37 Å². The fourth-order valence-corrected chi connectivity index (χ4v) is 6.22. The Hall–Kier alpha value is -3.71. The number of ether oxygens (including phenoxy) is 2. The van der Waals surface area contributed by atoms with E-state index in [0.717, 1.165) is 52.8 Å². The Labute approximate surface area is 233 Å². The minimum absolute atomic E-state index is 0.0358. The normalized spacial score (nSPS) is 17.9. The molecule has 1 saturated carbocycles. The number of benzene rings is 3. The summed E-state index contributed by atoms with van der Waals surface area (Å²) in [5, 5.41) is 5.24. The highest BCUT2D eigenvalue weighted by atomic mass is 32.1. The van der Waals surface area contributed by atoms with Crippen molar-refractivity contribution in [1.82, 2.24) is 4.37 Å². The lowest BCUT2D eigenvalue weighted by molar-refractivity contribution is -0.149. The van der Waals surface area contributed by atoms with Crippen LogP contribution in [0.15, 0.2) is 66.7 Å². The topological polar surface area (TPSA) is 77.5 Å². The van der Waals surface area contributed by atoms with Crippen LogP contribution in [0.4, 0.5) is 10.5 Å². The van der Waals surface area contributed by atoms with E-state index >= 15 is 0 Å². The molecule has 0 aliphatic heterocycles. The number of hydrogen-bond acceptors (Lipinski definition) is 6. The van der Waals surface area contributed by atoms with Gasteiger partial charge in [-0.05, 0) is 97.4 Å². The van der Waals surface area contributed by atoms with Gasteiger partial charge in [-0.3, -0.25) is 10.1 Å². The molecule has 0 radical (unpaired) electrons. The average Bonchev–Trinajstić information content (AvgIpc) is 3.32. The zero-order valence-electron chi connectivity index (χ0n) is 22.6. The number of carbonyl (C=O) groups is 2. The smallest absolute Gasteiger partial charge is 0.412 e. The van der Waals surface area contributed by atoms with Gasteiger partial charge in [0.1, 0.15) is 6.10 Å². The molecule has 1 fully saturated rings. The van der Waals surface area contributed by atoms with Crippen LogP contribution in [0, 0.1) is 12.8 Å². The Morgan fingerprint density at radius 1 is 1.00 bits per heavy atom. The number of fused-ring (bicyclic) bond motifs is 1. The van der Waals surface area contributed by atoms with E-state index in [0.29, 0.717) is 18.2 Å². The van der Waals surface area contributed by atoms with E-state index in [1.165, 1.54) is 22.5 Å². The minimum Gasteiger partial charge on any atom is -0.466 e. The molecule has 1 amide bonds. The van der Waals surface area contributed by atoms with Crippen LogP contribution in [-0.4, -0.2) is 23.0 Å². The highest BCUT2D eigenvalue weighted by Gasteiger charge is 2.28. The molecular weight excluding hydrogens is 508 g/mol. The van der Waals surface area contributed by atoms with Crippen LogP contribution in [0.5, 0.6) is 0 Å². The molecule has 39 heavy (non-hydrogen) atoms. The Kier molecular flexibility index (Phi) is 8.27. The van der Waals surface area contributed by atoms with Crippen molar-refractivity contribution < 1.29 is 19.1 Å². The lowest BCUT2D eigenvalue weighted by Gasteiger charge is -2.27. The molecule has 202 valence electrons. The number of nitrogens with one attached hydrogen (secondary N) is 1. The maximum Gasteiger partial charge on any atom is 0.412 e. The van der Waals surface area contributed by atoms with Crippen molar-refractivity contribution in [3.05, 3.63) is 83.6 Å². The van der Waals surface area contributed by atoms with Gasteiger partial charge in [0, 0.05) is 0 Å². The van der Waals surface area contributed by atoms with Crippen LogP contribution in [-0.2, 0) is 14.3 Å².